The van der Waals surface area contributed by atoms with Crippen LogP contribution in [0.2, 0.25) is 0 Å². The minimum Gasteiger partial charge on any atom is -0.399 e. The van der Waals surface area contributed by atoms with Crippen molar-refractivity contribution in [3.63, 3.8) is 0 Å². The van der Waals surface area contributed by atoms with E-state index in [1.54, 1.807) is 24.3 Å². The van der Waals surface area contributed by atoms with Crippen LogP contribution in [0, 0.1) is 0 Å². The van der Waals surface area contributed by atoms with Gasteiger partial charge in [-0.15, -0.1) is 12.4 Å². The molecule has 1 aliphatic heterocycles. The van der Waals surface area contributed by atoms with Crippen molar-refractivity contribution in [2.45, 2.75) is 18.1 Å². The van der Waals surface area contributed by atoms with Crippen molar-refractivity contribution in [1.29, 1.82) is 0 Å². The van der Waals surface area contributed by atoms with Crippen molar-refractivity contribution in [3.05, 3.63) is 29.8 Å². The Bertz CT molecular complexity index is 363. The molecular weight excluding hydrogens is 256 g/mol. The summed E-state index contributed by atoms with van der Waals surface area (Å²) >= 11 is 1.95. The second kappa shape index (κ2) is 6.77. The van der Waals surface area contributed by atoms with Crippen molar-refractivity contribution in [2.75, 3.05) is 18.0 Å². The van der Waals surface area contributed by atoms with Gasteiger partial charge < -0.3 is 11.1 Å². The largest absolute Gasteiger partial charge is 0.399 e. The van der Waals surface area contributed by atoms with E-state index in [2.05, 4.69) is 5.32 Å². The average molecular weight is 273 g/mol. The minimum atomic E-state index is -0.00694. The first-order chi connectivity index (χ1) is 7.75. The van der Waals surface area contributed by atoms with Crippen LogP contribution in [0.15, 0.2) is 24.3 Å². The topological polar surface area (TPSA) is 55.1 Å². The molecule has 3 nitrogen and oxygen atoms in total. The van der Waals surface area contributed by atoms with Crippen molar-refractivity contribution >= 4 is 35.8 Å². The van der Waals surface area contributed by atoms with E-state index >= 15 is 0 Å². The highest BCUT2D eigenvalue weighted by Gasteiger charge is 2.16. The van der Waals surface area contributed by atoms with Crippen LogP contribution >= 0.6 is 24.2 Å². The smallest absolute Gasteiger partial charge is 0.251 e. The molecule has 1 saturated heterocycles. The zero-order valence-electron chi connectivity index (χ0n) is 9.52. The van der Waals surface area contributed by atoms with Gasteiger partial charge in [-0.05, 0) is 42.9 Å². The van der Waals surface area contributed by atoms with Crippen LogP contribution in [0.4, 0.5) is 5.69 Å². The minimum absolute atomic E-state index is 0. The van der Waals surface area contributed by atoms with E-state index in [9.17, 15) is 4.79 Å². The molecule has 1 aliphatic rings. The van der Waals surface area contributed by atoms with Crippen LogP contribution in [0.5, 0.6) is 0 Å². The molecule has 0 aliphatic carbocycles. The summed E-state index contributed by atoms with van der Waals surface area (Å²) in [5.74, 6) is 1.22. The summed E-state index contributed by atoms with van der Waals surface area (Å²) in [6.45, 7) is 0.772. The van der Waals surface area contributed by atoms with Gasteiger partial charge in [0.2, 0.25) is 0 Å². The lowest BCUT2D eigenvalue weighted by atomic mass is 10.2. The number of halogens is 1. The summed E-state index contributed by atoms with van der Waals surface area (Å²) in [4.78, 5) is 11.8. The van der Waals surface area contributed by atoms with E-state index in [1.165, 1.54) is 18.6 Å². The number of nitrogen functional groups attached to an aromatic ring is 1. The van der Waals surface area contributed by atoms with Gasteiger partial charge in [-0.1, -0.05) is 0 Å². The van der Waals surface area contributed by atoms with Gasteiger partial charge in [0.1, 0.15) is 0 Å². The van der Waals surface area contributed by atoms with Crippen LogP contribution in [0.3, 0.4) is 0 Å². The molecule has 0 saturated carbocycles. The molecule has 1 heterocycles. The summed E-state index contributed by atoms with van der Waals surface area (Å²) in [5, 5.41) is 3.55. The highest BCUT2D eigenvalue weighted by Crippen LogP contribution is 2.25. The van der Waals surface area contributed by atoms with E-state index in [-0.39, 0.29) is 18.3 Å². The van der Waals surface area contributed by atoms with Gasteiger partial charge in [-0.25, -0.2) is 0 Å². The number of hydrogen-bond acceptors (Lipinski definition) is 3. The van der Waals surface area contributed by atoms with Crippen molar-refractivity contribution in [1.82, 2.24) is 5.32 Å². The monoisotopic (exact) mass is 272 g/mol. The first-order valence-electron chi connectivity index (χ1n) is 5.51. The molecule has 1 atom stereocenters. The van der Waals surface area contributed by atoms with E-state index in [4.69, 9.17) is 5.73 Å². The summed E-state index contributed by atoms with van der Waals surface area (Å²) in [6, 6.07) is 7.01. The molecule has 1 unspecified atom stereocenters. The second-order valence-corrected chi connectivity index (χ2v) is 5.38. The number of hydrogen-bond donors (Lipinski definition) is 2. The van der Waals surface area contributed by atoms with Gasteiger partial charge in [-0.2, -0.15) is 11.8 Å². The Morgan fingerprint density at radius 2 is 2.12 bits per heavy atom. The average Bonchev–Trinajstić information content (AvgIpc) is 2.80. The van der Waals surface area contributed by atoms with Crippen molar-refractivity contribution in [2.24, 2.45) is 0 Å². The van der Waals surface area contributed by atoms with Gasteiger partial charge >= 0.3 is 0 Å². The molecule has 0 radical (unpaired) electrons. The molecule has 0 bridgehead atoms. The number of nitrogens with two attached hydrogens (primary N) is 1. The normalized spacial score (nSPS) is 18.5. The van der Waals surface area contributed by atoms with Crippen molar-refractivity contribution < 1.29 is 4.79 Å². The summed E-state index contributed by atoms with van der Waals surface area (Å²) in [7, 11) is 0. The van der Waals surface area contributed by atoms with Gasteiger partial charge in [0.15, 0.2) is 0 Å². The molecular formula is C12H17ClN2OS. The molecule has 0 spiro atoms. The van der Waals surface area contributed by atoms with Crippen LogP contribution in [0.25, 0.3) is 0 Å². The standard InChI is InChI=1S/C12H16N2OS.ClH/c13-10-5-3-9(4-6-10)12(15)14-8-11-2-1-7-16-11;/h3-6,11H,1-2,7-8,13H2,(H,14,15);1H. The highest BCUT2D eigenvalue weighted by molar-refractivity contribution is 8.00. The molecule has 1 amide bonds. The number of carbonyl (C=O) groups excluding carboxylic acids is 1. The Labute approximate surface area is 112 Å². The molecule has 17 heavy (non-hydrogen) atoms. The summed E-state index contributed by atoms with van der Waals surface area (Å²) in [6.07, 6.45) is 2.49. The zero-order chi connectivity index (χ0) is 11.4. The number of nitrogens with one attached hydrogen (secondary N) is 1. The number of carbonyl (C=O) groups is 1. The Hall–Kier alpha value is -0.870. The maximum Gasteiger partial charge on any atom is 0.251 e. The van der Waals surface area contributed by atoms with E-state index < -0.39 is 0 Å². The van der Waals surface area contributed by atoms with Crippen LogP contribution in [-0.4, -0.2) is 23.5 Å². The Balaban J connectivity index is 0.00000144. The molecule has 1 fully saturated rings. The highest BCUT2D eigenvalue weighted by atomic mass is 35.5. The number of thioether (sulfide) groups is 1. The lowest BCUT2D eigenvalue weighted by Crippen LogP contribution is -2.29. The third-order valence-corrected chi connectivity index (χ3v) is 4.09. The summed E-state index contributed by atoms with van der Waals surface area (Å²) in [5.41, 5.74) is 6.93. The quantitative estimate of drug-likeness (QED) is 0.831. The van der Waals surface area contributed by atoms with Crippen LogP contribution in [0.1, 0.15) is 23.2 Å². The van der Waals surface area contributed by atoms with Gasteiger partial charge in [0.25, 0.3) is 5.91 Å². The molecule has 1 aromatic rings. The molecule has 1 aromatic carbocycles. The van der Waals surface area contributed by atoms with Gasteiger partial charge in [-0.3, -0.25) is 4.79 Å². The maximum atomic E-state index is 11.8. The fourth-order valence-electron chi connectivity index (χ4n) is 1.75. The lowest BCUT2D eigenvalue weighted by molar-refractivity contribution is 0.0953. The molecule has 5 heteroatoms. The van der Waals surface area contributed by atoms with E-state index in [0.29, 0.717) is 16.5 Å². The molecule has 3 N–H and O–H groups in total. The maximum absolute atomic E-state index is 11.8. The predicted molar refractivity (Wildman–Crippen MR) is 75.9 cm³/mol. The fourth-order valence-corrected chi connectivity index (χ4v) is 2.95. The first-order valence-corrected chi connectivity index (χ1v) is 6.56. The SMILES string of the molecule is Cl.Nc1ccc(C(=O)NCC2CCCS2)cc1. The number of benzene rings is 1. The summed E-state index contributed by atoms with van der Waals surface area (Å²) < 4.78 is 0. The molecule has 0 aromatic heterocycles. The third kappa shape index (κ3) is 4.13. The Kier molecular flexibility index (Phi) is 5.65. The van der Waals surface area contributed by atoms with E-state index in [1.807, 2.05) is 11.8 Å². The van der Waals surface area contributed by atoms with Gasteiger partial charge in [0, 0.05) is 23.0 Å². The second-order valence-electron chi connectivity index (χ2n) is 3.97. The third-order valence-electron chi connectivity index (χ3n) is 2.69. The number of anilines is 1. The lowest BCUT2D eigenvalue weighted by Gasteiger charge is -2.10. The van der Waals surface area contributed by atoms with Gasteiger partial charge in [0.05, 0.1) is 0 Å². The van der Waals surface area contributed by atoms with E-state index in [0.717, 1.165) is 6.54 Å². The number of amides is 1. The number of rotatable bonds is 3. The Morgan fingerprint density at radius 3 is 2.71 bits per heavy atom. The predicted octanol–water partition coefficient (Wildman–Crippen LogP) is 2.32. The van der Waals surface area contributed by atoms with Crippen LogP contribution < -0.4 is 11.1 Å². The van der Waals surface area contributed by atoms with Crippen LogP contribution in [-0.2, 0) is 0 Å². The van der Waals surface area contributed by atoms with Crippen molar-refractivity contribution in [3.8, 4) is 0 Å². The first kappa shape index (κ1) is 14.2. The Morgan fingerprint density at radius 1 is 1.41 bits per heavy atom. The molecule has 2 rings (SSSR count). The fraction of sp³-hybridized carbons (Fsp3) is 0.417. The zero-order valence-corrected chi connectivity index (χ0v) is 11.2. The molecule has 94 valence electrons.